The van der Waals surface area contributed by atoms with E-state index in [0.717, 1.165) is 63.6 Å². The van der Waals surface area contributed by atoms with Crippen molar-refractivity contribution >= 4 is 41.2 Å². The monoisotopic (exact) mass is 603 g/mol. The zero-order valence-electron chi connectivity index (χ0n) is 26.1. The lowest BCUT2D eigenvalue weighted by Crippen LogP contribution is -2.53. The van der Waals surface area contributed by atoms with Crippen molar-refractivity contribution in [3.63, 3.8) is 0 Å². The first-order valence-electron chi connectivity index (χ1n) is 15.8. The molecule has 1 aromatic carbocycles. The van der Waals surface area contributed by atoms with Crippen LogP contribution in [0.3, 0.4) is 0 Å². The molecule has 3 amide bonds. The molecule has 1 unspecified atom stereocenters. The summed E-state index contributed by atoms with van der Waals surface area (Å²) >= 11 is 0. The third-order valence-electron chi connectivity index (χ3n) is 9.49. The van der Waals surface area contributed by atoms with Crippen molar-refractivity contribution in [2.24, 2.45) is 11.8 Å². The molecule has 3 fully saturated rings. The molecule has 1 aromatic heterocycles. The van der Waals surface area contributed by atoms with Crippen molar-refractivity contribution in [1.29, 1.82) is 0 Å². The van der Waals surface area contributed by atoms with Crippen LogP contribution in [-0.4, -0.2) is 105 Å². The van der Waals surface area contributed by atoms with Gasteiger partial charge in [-0.25, -0.2) is 4.98 Å². The van der Waals surface area contributed by atoms with Crippen LogP contribution in [0.4, 0.5) is 17.2 Å². The molecule has 3 saturated heterocycles. The lowest BCUT2D eigenvalue weighted by molar-refractivity contribution is -0.136. The van der Waals surface area contributed by atoms with Crippen molar-refractivity contribution < 1.29 is 19.2 Å². The number of pyridine rings is 1. The predicted octanol–water partition coefficient (Wildman–Crippen LogP) is 2.88. The molecule has 236 valence electrons. The summed E-state index contributed by atoms with van der Waals surface area (Å²) in [6.07, 6.45) is 7.66. The number of benzene rings is 1. The second-order valence-corrected chi connectivity index (χ2v) is 12.5. The maximum atomic E-state index is 13.2. The van der Waals surface area contributed by atoms with E-state index in [-0.39, 0.29) is 24.3 Å². The summed E-state index contributed by atoms with van der Waals surface area (Å²) in [7, 11) is 5.67. The predicted molar refractivity (Wildman–Crippen MR) is 171 cm³/mol. The quantitative estimate of drug-likeness (QED) is 0.312. The largest absolute Gasteiger partial charge is 0.373 e. The molecule has 0 spiro atoms. The van der Waals surface area contributed by atoms with E-state index in [1.807, 2.05) is 25.4 Å². The third-order valence-corrected chi connectivity index (χ3v) is 9.49. The van der Waals surface area contributed by atoms with Gasteiger partial charge in [-0.3, -0.25) is 24.5 Å². The highest BCUT2D eigenvalue weighted by Gasteiger charge is 2.33. The Morgan fingerprint density at radius 3 is 2.11 bits per heavy atom. The number of carbonyl (C=O) groups excluding carboxylic acids is 4. The molecule has 5 rings (SSSR count). The molecule has 4 heterocycles. The lowest BCUT2D eigenvalue weighted by atomic mass is 9.93. The average molecular weight is 604 g/mol. The minimum Gasteiger partial charge on any atom is -0.373 e. The fourth-order valence-electron chi connectivity index (χ4n) is 6.85. The summed E-state index contributed by atoms with van der Waals surface area (Å²) in [4.78, 5) is 62.0. The molecule has 1 atom stereocenters. The van der Waals surface area contributed by atoms with Gasteiger partial charge in [-0.05, 0) is 81.3 Å². The maximum Gasteiger partial charge on any atom is 0.255 e. The normalized spacial score (nSPS) is 20.0. The highest BCUT2D eigenvalue weighted by molar-refractivity contribution is 6.06. The molecule has 3 aliphatic rings. The molecule has 0 saturated carbocycles. The summed E-state index contributed by atoms with van der Waals surface area (Å²) in [5.41, 5.74) is 2.71. The van der Waals surface area contributed by atoms with Crippen LogP contribution in [0.25, 0.3) is 0 Å². The molecule has 0 bridgehead atoms. The zero-order valence-corrected chi connectivity index (χ0v) is 26.1. The Morgan fingerprint density at radius 2 is 1.57 bits per heavy atom. The minimum absolute atomic E-state index is 0.184. The zero-order chi connectivity index (χ0) is 31.2. The minimum atomic E-state index is -0.733. The number of rotatable bonds is 10. The molecular weight excluding hydrogens is 558 g/mol. The van der Waals surface area contributed by atoms with Crippen LogP contribution in [0.15, 0.2) is 36.5 Å². The lowest BCUT2D eigenvalue weighted by Gasteiger charge is -2.38. The first kappa shape index (κ1) is 31.4. The second-order valence-electron chi connectivity index (χ2n) is 12.5. The number of aromatic nitrogens is 1. The number of imide groups is 1. The SMILES string of the molecule is CNc1ccc(N2CCC(CN(C)CC3CCN(c4ccc(C(=O)N(C)C5CCC(=O)NC5=O)c(C=O)c4)CC3)CC2)cn1. The van der Waals surface area contributed by atoms with Crippen molar-refractivity contribution in [2.45, 2.75) is 44.6 Å². The Balaban J connectivity index is 1.08. The Morgan fingerprint density at radius 1 is 0.955 bits per heavy atom. The fourth-order valence-corrected chi connectivity index (χ4v) is 6.85. The van der Waals surface area contributed by atoms with Gasteiger partial charge in [0.05, 0.1) is 17.4 Å². The summed E-state index contributed by atoms with van der Waals surface area (Å²) < 4.78 is 0. The Hall–Kier alpha value is -3.99. The van der Waals surface area contributed by atoms with E-state index < -0.39 is 17.9 Å². The number of carbonyl (C=O) groups is 4. The molecule has 11 nitrogen and oxygen atoms in total. The van der Waals surface area contributed by atoms with Gasteiger partial charge in [0.1, 0.15) is 11.9 Å². The molecular formula is C33H45N7O4. The highest BCUT2D eigenvalue weighted by atomic mass is 16.2. The molecule has 2 aromatic rings. The summed E-state index contributed by atoms with van der Waals surface area (Å²) in [6.45, 7) is 6.15. The van der Waals surface area contributed by atoms with Crippen molar-refractivity contribution in [1.82, 2.24) is 20.1 Å². The van der Waals surface area contributed by atoms with Crippen molar-refractivity contribution in [3.8, 4) is 0 Å². The smallest absolute Gasteiger partial charge is 0.255 e. The number of hydrogen-bond donors (Lipinski definition) is 2. The van der Waals surface area contributed by atoms with Crippen LogP contribution in [-0.2, 0) is 9.59 Å². The van der Waals surface area contributed by atoms with E-state index >= 15 is 0 Å². The van der Waals surface area contributed by atoms with E-state index in [1.165, 1.54) is 30.5 Å². The average Bonchev–Trinajstić information content (AvgIpc) is 3.04. The van der Waals surface area contributed by atoms with E-state index in [0.29, 0.717) is 23.7 Å². The Labute approximate surface area is 260 Å². The summed E-state index contributed by atoms with van der Waals surface area (Å²) in [6, 6.07) is 8.80. The molecule has 44 heavy (non-hydrogen) atoms. The van der Waals surface area contributed by atoms with Gasteiger partial charge in [-0.2, -0.15) is 0 Å². The number of nitrogens with zero attached hydrogens (tertiary/aromatic N) is 5. The number of nitrogens with one attached hydrogen (secondary N) is 2. The van der Waals surface area contributed by atoms with Crippen LogP contribution in [0.2, 0.25) is 0 Å². The van der Waals surface area contributed by atoms with Crippen molar-refractivity contribution in [2.75, 3.05) is 75.5 Å². The first-order chi connectivity index (χ1) is 21.2. The third kappa shape index (κ3) is 7.38. The maximum absolute atomic E-state index is 13.2. The summed E-state index contributed by atoms with van der Waals surface area (Å²) in [5.74, 6) is 1.01. The van der Waals surface area contributed by atoms with E-state index in [2.05, 4.69) is 43.4 Å². The number of likely N-dealkylation sites (N-methyl/N-ethyl adjacent to an activating group) is 1. The molecule has 0 radical (unpaired) electrons. The van der Waals surface area contributed by atoms with Crippen molar-refractivity contribution in [3.05, 3.63) is 47.7 Å². The number of hydrogen-bond acceptors (Lipinski definition) is 9. The molecule has 2 N–H and O–H groups in total. The van der Waals surface area contributed by atoms with E-state index in [9.17, 15) is 19.2 Å². The highest BCUT2D eigenvalue weighted by Crippen LogP contribution is 2.28. The van der Waals surface area contributed by atoms with Crippen LogP contribution in [0, 0.1) is 11.8 Å². The van der Waals surface area contributed by atoms with Gasteiger partial charge in [0.15, 0.2) is 6.29 Å². The van der Waals surface area contributed by atoms with Gasteiger partial charge >= 0.3 is 0 Å². The van der Waals surface area contributed by atoms with E-state index in [4.69, 9.17) is 0 Å². The Bertz CT molecular complexity index is 1330. The molecule has 0 aliphatic carbocycles. The van der Waals surface area contributed by atoms with Crippen LogP contribution >= 0.6 is 0 Å². The number of amides is 3. The topological polar surface area (TPSA) is 118 Å². The first-order valence-corrected chi connectivity index (χ1v) is 15.8. The second kappa shape index (κ2) is 14.2. The molecule has 3 aliphatic heterocycles. The van der Waals surface area contributed by atoms with Gasteiger partial charge in [0, 0.05) is 71.0 Å². The van der Waals surface area contributed by atoms with Gasteiger partial charge in [0.2, 0.25) is 11.8 Å². The van der Waals surface area contributed by atoms with Crippen LogP contribution < -0.4 is 20.4 Å². The Kier molecular flexibility index (Phi) is 10.1. The van der Waals surface area contributed by atoms with E-state index in [1.54, 1.807) is 12.1 Å². The van der Waals surface area contributed by atoms with Gasteiger partial charge in [-0.1, -0.05) is 0 Å². The standard InChI is InChI=1S/C33H45N7O4/c1-34-30-8-5-27(19-35-30)40-16-12-24(13-17-40)21-37(2)20-23-10-14-39(15-11-23)26-4-6-28(25(18-26)22-41)33(44)38(3)29-7-9-31(42)36-32(29)43/h4-6,8,18-19,22-24,29H,7,9-17,20-21H2,1-3H3,(H,34,35)(H,36,42,43). The van der Waals surface area contributed by atoms with Crippen LogP contribution in [0.5, 0.6) is 0 Å². The fraction of sp³-hybridized carbons (Fsp3) is 0.545. The van der Waals surface area contributed by atoms with Gasteiger partial charge in [0.25, 0.3) is 5.91 Å². The number of aldehydes is 1. The molecule has 11 heteroatoms. The van der Waals surface area contributed by atoms with Gasteiger partial charge < -0.3 is 24.9 Å². The van der Waals surface area contributed by atoms with Gasteiger partial charge in [-0.15, -0.1) is 0 Å². The number of anilines is 3. The van der Waals surface area contributed by atoms with Crippen LogP contribution in [0.1, 0.15) is 59.2 Å². The number of piperidine rings is 3. The summed E-state index contributed by atoms with van der Waals surface area (Å²) in [5, 5.41) is 5.36.